The van der Waals surface area contributed by atoms with Crippen molar-refractivity contribution in [1.82, 2.24) is 0 Å². The minimum absolute atomic E-state index is 0.204. The number of hydrogen-bond donors (Lipinski definition) is 1. The topological polar surface area (TPSA) is 39.1 Å². The summed E-state index contributed by atoms with van der Waals surface area (Å²) >= 11 is 0. The summed E-state index contributed by atoms with van der Waals surface area (Å²) in [6.07, 6.45) is 4.51. The zero-order valence-electron chi connectivity index (χ0n) is 11.0. The number of nitriles is 1. The third-order valence-corrected chi connectivity index (χ3v) is 3.40. The molecule has 1 saturated heterocycles. The number of nitrogens with one attached hydrogen (secondary N) is 1. The van der Waals surface area contributed by atoms with Gasteiger partial charge in [-0.05, 0) is 50.5 Å². The van der Waals surface area contributed by atoms with Crippen LogP contribution < -0.4 is 10.2 Å². The van der Waals surface area contributed by atoms with Crippen molar-refractivity contribution < 1.29 is 0 Å². The molecule has 0 spiro atoms. The van der Waals surface area contributed by atoms with E-state index >= 15 is 0 Å². The Bertz CT molecular complexity index is 399. The summed E-state index contributed by atoms with van der Waals surface area (Å²) < 4.78 is 0. The summed E-state index contributed by atoms with van der Waals surface area (Å²) in [6.45, 7) is 4.39. The lowest BCUT2D eigenvalue weighted by Gasteiger charge is -2.29. The summed E-state index contributed by atoms with van der Waals surface area (Å²) in [7, 11) is 0. The summed E-state index contributed by atoms with van der Waals surface area (Å²) in [5.41, 5.74) is 2.41. The van der Waals surface area contributed by atoms with E-state index < -0.39 is 0 Å². The molecule has 0 radical (unpaired) electrons. The van der Waals surface area contributed by atoms with E-state index in [1.807, 2.05) is 6.92 Å². The van der Waals surface area contributed by atoms with Crippen LogP contribution in [0.1, 0.15) is 32.6 Å². The first-order valence-corrected chi connectivity index (χ1v) is 6.78. The molecular formula is C15H21N3. The molecule has 1 aliphatic rings. The molecule has 1 atom stereocenters. The van der Waals surface area contributed by atoms with Gasteiger partial charge in [0.15, 0.2) is 0 Å². The lowest BCUT2D eigenvalue weighted by molar-refractivity contribution is 0.578. The number of hydrogen-bond acceptors (Lipinski definition) is 3. The second-order valence-corrected chi connectivity index (χ2v) is 5.00. The van der Waals surface area contributed by atoms with Crippen molar-refractivity contribution in [3.05, 3.63) is 24.3 Å². The Morgan fingerprint density at radius 2 is 1.89 bits per heavy atom. The van der Waals surface area contributed by atoms with Crippen LogP contribution >= 0.6 is 0 Å². The van der Waals surface area contributed by atoms with Crippen LogP contribution in [0, 0.1) is 11.3 Å². The maximum absolute atomic E-state index is 8.63. The molecule has 2 rings (SSSR count). The predicted octanol–water partition coefficient (Wildman–Crippen LogP) is 3.39. The zero-order valence-corrected chi connectivity index (χ0v) is 11.0. The van der Waals surface area contributed by atoms with Gasteiger partial charge in [-0.2, -0.15) is 5.26 Å². The lowest BCUT2D eigenvalue weighted by atomic mass is 10.1. The fourth-order valence-corrected chi connectivity index (χ4v) is 2.39. The molecule has 1 aliphatic heterocycles. The Morgan fingerprint density at radius 3 is 2.50 bits per heavy atom. The highest BCUT2D eigenvalue weighted by molar-refractivity contribution is 5.55. The van der Waals surface area contributed by atoms with Crippen molar-refractivity contribution >= 4 is 11.4 Å². The molecule has 0 amide bonds. The van der Waals surface area contributed by atoms with Gasteiger partial charge < -0.3 is 10.2 Å². The molecule has 1 aromatic rings. The van der Waals surface area contributed by atoms with Gasteiger partial charge >= 0.3 is 0 Å². The maximum Gasteiger partial charge on any atom is 0.0643 e. The second kappa shape index (κ2) is 6.30. The molecule has 1 heterocycles. The molecule has 18 heavy (non-hydrogen) atoms. The van der Waals surface area contributed by atoms with Gasteiger partial charge in [-0.25, -0.2) is 0 Å². The molecule has 1 aromatic carbocycles. The Morgan fingerprint density at radius 1 is 1.22 bits per heavy atom. The molecule has 0 aliphatic carbocycles. The van der Waals surface area contributed by atoms with Gasteiger partial charge in [0, 0.05) is 30.5 Å². The van der Waals surface area contributed by atoms with Crippen molar-refractivity contribution in [2.75, 3.05) is 23.3 Å². The van der Waals surface area contributed by atoms with E-state index in [9.17, 15) is 0 Å². The van der Waals surface area contributed by atoms with Gasteiger partial charge in [0.2, 0.25) is 0 Å². The van der Waals surface area contributed by atoms with E-state index in [2.05, 4.69) is 40.6 Å². The molecule has 1 unspecified atom stereocenters. The van der Waals surface area contributed by atoms with Crippen LogP contribution in [-0.2, 0) is 0 Å². The maximum atomic E-state index is 8.63. The molecule has 1 fully saturated rings. The fourth-order valence-electron chi connectivity index (χ4n) is 2.39. The predicted molar refractivity (Wildman–Crippen MR) is 75.8 cm³/mol. The zero-order chi connectivity index (χ0) is 12.8. The van der Waals surface area contributed by atoms with Crippen molar-refractivity contribution in [2.45, 2.75) is 38.6 Å². The van der Waals surface area contributed by atoms with Crippen molar-refractivity contribution in [1.29, 1.82) is 5.26 Å². The van der Waals surface area contributed by atoms with Crippen LogP contribution in [0.4, 0.5) is 11.4 Å². The van der Waals surface area contributed by atoms with Crippen LogP contribution in [-0.4, -0.2) is 19.1 Å². The quantitative estimate of drug-likeness (QED) is 0.881. The highest BCUT2D eigenvalue weighted by Crippen LogP contribution is 2.22. The highest BCUT2D eigenvalue weighted by atomic mass is 15.1. The van der Waals surface area contributed by atoms with Crippen molar-refractivity contribution in [3.63, 3.8) is 0 Å². The molecule has 3 heteroatoms. The minimum Gasteiger partial charge on any atom is -0.382 e. The summed E-state index contributed by atoms with van der Waals surface area (Å²) in [5.74, 6) is 0. The lowest BCUT2D eigenvalue weighted by Crippen LogP contribution is -2.29. The SMILES string of the molecule is CC(CC#N)Nc1ccc(N2CCCCC2)cc1. The molecule has 96 valence electrons. The second-order valence-electron chi connectivity index (χ2n) is 5.00. The Balaban J connectivity index is 1.94. The van der Waals surface area contributed by atoms with Gasteiger partial charge in [0.25, 0.3) is 0 Å². The van der Waals surface area contributed by atoms with Gasteiger partial charge in [-0.1, -0.05) is 0 Å². The van der Waals surface area contributed by atoms with Gasteiger partial charge in [0.1, 0.15) is 0 Å². The first kappa shape index (κ1) is 12.8. The monoisotopic (exact) mass is 243 g/mol. The van der Waals surface area contributed by atoms with Crippen LogP contribution in [0.5, 0.6) is 0 Å². The van der Waals surface area contributed by atoms with Crippen molar-refractivity contribution in [2.24, 2.45) is 0 Å². The molecular weight excluding hydrogens is 222 g/mol. The van der Waals surface area contributed by atoms with E-state index in [0.717, 1.165) is 5.69 Å². The molecule has 3 nitrogen and oxygen atoms in total. The first-order chi connectivity index (χ1) is 8.79. The summed E-state index contributed by atoms with van der Waals surface area (Å²) in [5, 5.41) is 12.0. The van der Waals surface area contributed by atoms with Crippen LogP contribution in [0.25, 0.3) is 0 Å². The van der Waals surface area contributed by atoms with E-state index in [1.165, 1.54) is 38.0 Å². The van der Waals surface area contributed by atoms with E-state index in [1.54, 1.807) is 0 Å². The van der Waals surface area contributed by atoms with E-state index in [-0.39, 0.29) is 6.04 Å². The van der Waals surface area contributed by atoms with Gasteiger partial charge in [-0.15, -0.1) is 0 Å². The number of nitrogens with zero attached hydrogens (tertiary/aromatic N) is 2. The molecule has 1 N–H and O–H groups in total. The summed E-state index contributed by atoms with van der Waals surface area (Å²) in [4.78, 5) is 2.45. The third kappa shape index (κ3) is 3.40. The normalized spacial score (nSPS) is 17.0. The van der Waals surface area contributed by atoms with E-state index in [0.29, 0.717) is 6.42 Å². The standard InChI is InChI=1S/C15H21N3/c1-13(9-10-16)17-14-5-7-15(8-6-14)18-11-3-2-4-12-18/h5-8,13,17H,2-4,9,11-12H2,1H3. The largest absolute Gasteiger partial charge is 0.382 e. The average molecular weight is 243 g/mol. The van der Waals surface area contributed by atoms with Crippen LogP contribution in [0.2, 0.25) is 0 Å². The Kier molecular flexibility index (Phi) is 4.46. The van der Waals surface area contributed by atoms with E-state index in [4.69, 9.17) is 5.26 Å². The van der Waals surface area contributed by atoms with Crippen LogP contribution in [0.3, 0.4) is 0 Å². The number of piperidine rings is 1. The first-order valence-electron chi connectivity index (χ1n) is 6.78. The molecule has 0 saturated carbocycles. The van der Waals surface area contributed by atoms with Crippen molar-refractivity contribution in [3.8, 4) is 6.07 Å². The average Bonchev–Trinajstić information content (AvgIpc) is 2.41. The Labute approximate surface area is 109 Å². The van der Waals surface area contributed by atoms with Gasteiger partial charge in [0.05, 0.1) is 12.5 Å². The fraction of sp³-hybridized carbons (Fsp3) is 0.533. The van der Waals surface area contributed by atoms with Crippen LogP contribution in [0.15, 0.2) is 24.3 Å². The number of rotatable bonds is 4. The Hall–Kier alpha value is -1.69. The molecule has 0 aromatic heterocycles. The number of benzene rings is 1. The number of anilines is 2. The minimum atomic E-state index is 0.204. The molecule has 0 bridgehead atoms. The third-order valence-electron chi connectivity index (χ3n) is 3.40. The van der Waals surface area contributed by atoms with Gasteiger partial charge in [-0.3, -0.25) is 0 Å². The highest BCUT2D eigenvalue weighted by Gasteiger charge is 2.10. The summed E-state index contributed by atoms with van der Waals surface area (Å²) in [6, 6.07) is 10.9. The smallest absolute Gasteiger partial charge is 0.0643 e.